The van der Waals surface area contributed by atoms with E-state index in [-0.39, 0.29) is 24.5 Å². The van der Waals surface area contributed by atoms with Gasteiger partial charge in [-0.05, 0) is 25.8 Å². The summed E-state index contributed by atoms with van der Waals surface area (Å²) in [5.41, 5.74) is 0. The molecule has 0 unspecified atom stereocenters. The Kier molecular flexibility index (Phi) is 3.87. The summed E-state index contributed by atoms with van der Waals surface area (Å²) < 4.78 is 5.05. The standard InChI is InChI=1S/C13H19N5O3/c1-9-15-12(16-21-9)10-4-2-5-17(10)6-3-7-18-11(19)8-14-13(18)20/h10H,2-8H2,1H3,(H,14,20)/t10-/m0/s1. The molecular formula is C13H19N5O3. The Morgan fingerprint density at radius 2 is 2.24 bits per heavy atom. The van der Waals surface area contributed by atoms with Gasteiger partial charge < -0.3 is 9.84 Å². The zero-order chi connectivity index (χ0) is 14.8. The van der Waals surface area contributed by atoms with Gasteiger partial charge in [-0.25, -0.2) is 4.79 Å². The topological polar surface area (TPSA) is 91.6 Å². The Morgan fingerprint density at radius 3 is 2.90 bits per heavy atom. The predicted molar refractivity (Wildman–Crippen MR) is 72.3 cm³/mol. The molecule has 2 fully saturated rings. The van der Waals surface area contributed by atoms with E-state index in [1.54, 1.807) is 6.92 Å². The lowest BCUT2D eigenvalue weighted by Gasteiger charge is -2.22. The van der Waals surface area contributed by atoms with Gasteiger partial charge in [0.1, 0.15) is 0 Å². The molecule has 1 aromatic rings. The molecule has 8 heteroatoms. The quantitative estimate of drug-likeness (QED) is 0.793. The van der Waals surface area contributed by atoms with E-state index in [0.717, 1.165) is 38.2 Å². The van der Waals surface area contributed by atoms with Crippen LogP contribution < -0.4 is 5.32 Å². The highest BCUT2D eigenvalue weighted by molar-refractivity contribution is 6.01. The Morgan fingerprint density at radius 1 is 1.38 bits per heavy atom. The molecule has 1 atom stereocenters. The van der Waals surface area contributed by atoms with Gasteiger partial charge in [-0.3, -0.25) is 14.6 Å². The predicted octanol–water partition coefficient (Wildman–Crippen LogP) is 0.457. The van der Waals surface area contributed by atoms with E-state index in [2.05, 4.69) is 20.4 Å². The van der Waals surface area contributed by atoms with Gasteiger partial charge in [0.25, 0.3) is 0 Å². The lowest BCUT2D eigenvalue weighted by Crippen LogP contribution is -2.34. The first-order valence-electron chi connectivity index (χ1n) is 7.27. The number of urea groups is 1. The smallest absolute Gasteiger partial charge is 0.324 e. The van der Waals surface area contributed by atoms with E-state index in [4.69, 9.17) is 4.52 Å². The lowest BCUT2D eigenvalue weighted by atomic mass is 10.2. The second kappa shape index (κ2) is 5.80. The third-order valence-electron chi connectivity index (χ3n) is 3.97. The highest BCUT2D eigenvalue weighted by atomic mass is 16.5. The van der Waals surface area contributed by atoms with Gasteiger partial charge in [-0.2, -0.15) is 4.98 Å². The average Bonchev–Trinajstić information content (AvgIpc) is 3.15. The number of likely N-dealkylation sites (tertiary alicyclic amines) is 1. The first-order valence-corrected chi connectivity index (χ1v) is 7.27. The molecule has 0 spiro atoms. The van der Waals surface area contributed by atoms with Crippen LogP contribution in [0.2, 0.25) is 0 Å². The first-order chi connectivity index (χ1) is 10.1. The van der Waals surface area contributed by atoms with Crippen LogP contribution in [0.1, 0.15) is 37.0 Å². The van der Waals surface area contributed by atoms with E-state index in [9.17, 15) is 9.59 Å². The Labute approximate surface area is 122 Å². The molecule has 21 heavy (non-hydrogen) atoms. The number of nitrogens with zero attached hydrogens (tertiary/aromatic N) is 4. The van der Waals surface area contributed by atoms with E-state index in [0.29, 0.717) is 12.4 Å². The van der Waals surface area contributed by atoms with Crippen LogP contribution in [0.5, 0.6) is 0 Å². The largest absolute Gasteiger partial charge is 0.340 e. The van der Waals surface area contributed by atoms with Crippen molar-refractivity contribution < 1.29 is 14.1 Å². The number of rotatable bonds is 5. The minimum atomic E-state index is -0.285. The van der Waals surface area contributed by atoms with Crippen molar-refractivity contribution in [2.75, 3.05) is 26.2 Å². The maximum atomic E-state index is 11.5. The van der Waals surface area contributed by atoms with E-state index >= 15 is 0 Å². The summed E-state index contributed by atoms with van der Waals surface area (Å²) in [6.45, 7) is 4.16. The van der Waals surface area contributed by atoms with E-state index in [1.165, 1.54) is 4.90 Å². The van der Waals surface area contributed by atoms with Gasteiger partial charge in [-0.1, -0.05) is 5.16 Å². The maximum absolute atomic E-state index is 11.5. The molecule has 0 aliphatic carbocycles. The third-order valence-corrected chi connectivity index (χ3v) is 3.97. The van der Waals surface area contributed by atoms with Crippen LogP contribution in [0.25, 0.3) is 0 Å². The fourth-order valence-electron chi connectivity index (χ4n) is 2.95. The van der Waals surface area contributed by atoms with Gasteiger partial charge in [-0.15, -0.1) is 0 Å². The summed E-state index contributed by atoms with van der Waals surface area (Å²) in [6, 6.07) is -0.0997. The fraction of sp³-hybridized carbons (Fsp3) is 0.692. The van der Waals surface area contributed by atoms with Crippen LogP contribution >= 0.6 is 0 Å². The number of aromatic nitrogens is 2. The Bertz CT molecular complexity index is 528. The third kappa shape index (κ3) is 2.90. The van der Waals surface area contributed by atoms with Crippen molar-refractivity contribution in [2.24, 2.45) is 0 Å². The van der Waals surface area contributed by atoms with Crippen LogP contribution in [-0.2, 0) is 4.79 Å². The summed E-state index contributed by atoms with van der Waals surface area (Å²) in [7, 11) is 0. The second-order valence-electron chi connectivity index (χ2n) is 5.42. The number of nitrogens with one attached hydrogen (secondary N) is 1. The number of carbonyl (C=O) groups is 2. The van der Waals surface area contributed by atoms with Crippen LogP contribution in [0.15, 0.2) is 4.52 Å². The Balaban J connectivity index is 1.52. The summed E-state index contributed by atoms with van der Waals surface area (Å²) in [5.74, 6) is 1.17. The second-order valence-corrected chi connectivity index (χ2v) is 5.42. The number of imide groups is 1. The van der Waals surface area contributed by atoms with Crippen LogP contribution in [0.4, 0.5) is 4.79 Å². The van der Waals surface area contributed by atoms with Gasteiger partial charge in [0.2, 0.25) is 11.8 Å². The molecule has 3 amide bonds. The molecule has 2 saturated heterocycles. The molecule has 0 aromatic carbocycles. The fourth-order valence-corrected chi connectivity index (χ4v) is 2.95. The number of amides is 3. The van der Waals surface area contributed by atoms with E-state index in [1.807, 2.05) is 0 Å². The SMILES string of the molecule is Cc1nc([C@@H]2CCCN2CCCN2C(=O)CNC2=O)no1. The number of hydrogen-bond donors (Lipinski definition) is 1. The van der Waals surface area contributed by atoms with Crippen molar-refractivity contribution in [1.29, 1.82) is 0 Å². The minimum absolute atomic E-state index is 0.118. The molecule has 114 valence electrons. The number of carbonyl (C=O) groups excluding carboxylic acids is 2. The number of hydrogen-bond acceptors (Lipinski definition) is 6. The highest BCUT2D eigenvalue weighted by Gasteiger charge is 2.31. The zero-order valence-electron chi connectivity index (χ0n) is 12.0. The first kappa shape index (κ1) is 14.0. The van der Waals surface area contributed by atoms with Crippen molar-refractivity contribution in [3.63, 3.8) is 0 Å². The van der Waals surface area contributed by atoms with Crippen LogP contribution in [0.3, 0.4) is 0 Å². The molecule has 2 aliphatic rings. The summed E-state index contributed by atoms with van der Waals surface area (Å²) in [4.78, 5) is 30.8. The van der Waals surface area contributed by atoms with Crippen molar-refractivity contribution >= 4 is 11.9 Å². The normalized spacial score (nSPS) is 23.1. The molecule has 0 bridgehead atoms. The average molecular weight is 293 g/mol. The molecule has 3 heterocycles. The summed E-state index contributed by atoms with van der Waals surface area (Å²) >= 11 is 0. The molecule has 1 N–H and O–H groups in total. The summed E-state index contributed by atoms with van der Waals surface area (Å²) in [5, 5.41) is 6.53. The molecule has 1 aromatic heterocycles. The molecule has 8 nitrogen and oxygen atoms in total. The maximum Gasteiger partial charge on any atom is 0.324 e. The minimum Gasteiger partial charge on any atom is -0.340 e. The molecular weight excluding hydrogens is 274 g/mol. The van der Waals surface area contributed by atoms with Crippen molar-refractivity contribution in [3.05, 3.63) is 11.7 Å². The summed E-state index contributed by atoms with van der Waals surface area (Å²) in [6.07, 6.45) is 2.87. The van der Waals surface area contributed by atoms with Gasteiger partial charge in [0.05, 0.1) is 12.6 Å². The van der Waals surface area contributed by atoms with Crippen LogP contribution in [-0.4, -0.2) is 58.1 Å². The number of aryl methyl sites for hydroxylation is 1. The lowest BCUT2D eigenvalue weighted by molar-refractivity contribution is -0.125. The monoisotopic (exact) mass is 293 g/mol. The van der Waals surface area contributed by atoms with Crippen molar-refractivity contribution in [3.8, 4) is 0 Å². The van der Waals surface area contributed by atoms with Crippen LogP contribution in [0, 0.1) is 6.92 Å². The molecule has 3 rings (SSSR count). The highest BCUT2D eigenvalue weighted by Crippen LogP contribution is 2.29. The van der Waals surface area contributed by atoms with E-state index < -0.39 is 0 Å². The zero-order valence-corrected chi connectivity index (χ0v) is 12.0. The van der Waals surface area contributed by atoms with Crippen molar-refractivity contribution in [2.45, 2.75) is 32.2 Å². The molecule has 2 aliphatic heterocycles. The molecule has 0 radical (unpaired) electrons. The Hall–Kier alpha value is -1.96. The molecule has 0 saturated carbocycles. The van der Waals surface area contributed by atoms with Gasteiger partial charge >= 0.3 is 6.03 Å². The van der Waals surface area contributed by atoms with Gasteiger partial charge in [0, 0.05) is 20.0 Å². The van der Waals surface area contributed by atoms with Crippen molar-refractivity contribution in [1.82, 2.24) is 25.3 Å². The van der Waals surface area contributed by atoms with Gasteiger partial charge in [0.15, 0.2) is 5.82 Å².